The lowest BCUT2D eigenvalue weighted by Gasteiger charge is -2.08. The van der Waals surface area contributed by atoms with E-state index in [9.17, 15) is 4.79 Å². The van der Waals surface area contributed by atoms with E-state index in [4.69, 9.17) is 23.2 Å². The van der Waals surface area contributed by atoms with Crippen LogP contribution in [0, 0.1) is 6.92 Å². The van der Waals surface area contributed by atoms with Crippen molar-refractivity contribution in [1.29, 1.82) is 0 Å². The van der Waals surface area contributed by atoms with Crippen LogP contribution in [0.1, 0.15) is 5.69 Å². The first-order chi connectivity index (χ1) is 14.0. The predicted octanol–water partition coefficient (Wildman–Crippen LogP) is 5.14. The zero-order valence-corrected chi connectivity index (χ0v) is 16.6. The van der Waals surface area contributed by atoms with Crippen molar-refractivity contribution in [3.63, 3.8) is 0 Å². The van der Waals surface area contributed by atoms with Gasteiger partial charge in [0.05, 0.1) is 28.0 Å². The summed E-state index contributed by atoms with van der Waals surface area (Å²) in [6.07, 6.45) is 1.65. The van der Waals surface area contributed by atoms with Crippen molar-refractivity contribution in [2.45, 2.75) is 6.92 Å². The van der Waals surface area contributed by atoms with Crippen molar-refractivity contribution in [1.82, 2.24) is 24.9 Å². The lowest BCUT2D eigenvalue weighted by molar-refractivity contribution is 1.21. The molecular formula is C21H13Cl2N5O. The summed E-state index contributed by atoms with van der Waals surface area (Å²) in [5, 5.41) is 1.71. The lowest BCUT2D eigenvalue weighted by atomic mass is 10.0. The maximum Gasteiger partial charge on any atom is 0.259 e. The monoisotopic (exact) mass is 421 g/mol. The van der Waals surface area contributed by atoms with Gasteiger partial charge in [0.2, 0.25) is 0 Å². The number of H-pyrrole nitrogens is 2. The van der Waals surface area contributed by atoms with Crippen LogP contribution in [0.4, 0.5) is 0 Å². The molecule has 0 bridgehead atoms. The summed E-state index contributed by atoms with van der Waals surface area (Å²) in [6.45, 7) is 1.82. The molecule has 0 saturated carbocycles. The minimum absolute atomic E-state index is 0.260. The van der Waals surface area contributed by atoms with E-state index < -0.39 is 0 Å². The fourth-order valence-electron chi connectivity index (χ4n) is 3.43. The highest BCUT2D eigenvalue weighted by Crippen LogP contribution is 2.32. The average molecular weight is 422 g/mol. The van der Waals surface area contributed by atoms with Crippen LogP contribution in [0.25, 0.3) is 44.6 Å². The Labute approximate surface area is 174 Å². The molecule has 4 aromatic heterocycles. The summed E-state index contributed by atoms with van der Waals surface area (Å²) in [7, 11) is 0. The van der Waals surface area contributed by atoms with Crippen LogP contribution < -0.4 is 5.56 Å². The normalized spacial score (nSPS) is 11.4. The number of hydrogen-bond acceptors (Lipinski definition) is 4. The smallest absolute Gasteiger partial charge is 0.259 e. The number of aromatic nitrogens is 5. The fraction of sp³-hybridized carbons (Fsp3) is 0.0476. The molecular weight excluding hydrogens is 409 g/mol. The number of halogens is 2. The van der Waals surface area contributed by atoms with Gasteiger partial charge in [-0.15, -0.1) is 0 Å². The second kappa shape index (κ2) is 6.69. The number of pyridine rings is 3. The molecule has 5 rings (SSSR count). The van der Waals surface area contributed by atoms with Gasteiger partial charge < -0.3 is 9.97 Å². The van der Waals surface area contributed by atoms with Crippen LogP contribution in [0.5, 0.6) is 0 Å². The Balaban J connectivity index is 1.79. The summed E-state index contributed by atoms with van der Waals surface area (Å²) in [5.41, 5.74) is 4.34. The Morgan fingerprint density at radius 1 is 0.931 bits per heavy atom. The first kappa shape index (κ1) is 17.8. The van der Waals surface area contributed by atoms with Crippen LogP contribution >= 0.6 is 23.2 Å². The number of aromatic amines is 2. The Bertz CT molecular complexity index is 1470. The number of fused-ring (bicyclic) bond motifs is 2. The second-order valence-corrected chi connectivity index (χ2v) is 7.42. The third-order valence-corrected chi connectivity index (χ3v) is 5.29. The van der Waals surface area contributed by atoms with Crippen molar-refractivity contribution in [3.05, 3.63) is 74.9 Å². The third-order valence-electron chi connectivity index (χ3n) is 4.77. The molecule has 0 saturated heterocycles. The van der Waals surface area contributed by atoms with Crippen LogP contribution in [0.3, 0.4) is 0 Å². The molecule has 29 heavy (non-hydrogen) atoms. The highest BCUT2D eigenvalue weighted by molar-refractivity contribution is 6.33. The average Bonchev–Trinajstić information content (AvgIpc) is 3.11. The Hall–Kier alpha value is -3.22. The maximum absolute atomic E-state index is 12.8. The van der Waals surface area contributed by atoms with E-state index in [1.165, 1.54) is 0 Å². The zero-order chi connectivity index (χ0) is 20.1. The molecule has 0 spiro atoms. The van der Waals surface area contributed by atoms with E-state index in [1.54, 1.807) is 24.4 Å². The van der Waals surface area contributed by atoms with Crippen LogP contribution in [-0.4, -0.2) is 24.9 Å². The highest BCUT2D eigenvalue weighted by atomic mass is 35.5. The molecule has 5 aromatic rings. The Morgan fingerprint density at radius 3 is 2.59 bits per heavy atom. The van der Waals surface area contributed by atoms with Gasteiger partial charge in [-0.05, 0) is 25.1 Å². The lowest BCUT2D eigenvalue weighted by Crippen LogP contribution is -2.10. The molecule has 4 heterocycles. The minimum atomic E-state index is -0.260. The Kier molecular flexibility index (Phi) is 4.12. The molecule has 0 atom stereocenters. The van der Waals surface area contributed by atoms with Crippen molar-refractivity contribution in [2.24, 2.45) is 0 Å². The van der Waals surface area contributed by atoms with Crippen molar-refractivity contribution < 1.29 is 0 Å². The van der Waals surface area contributed by atoms with Gasteiger partial charge in [0.15, 0.2) is 0 Å². The predicted molar refractivity (Wildman–Crippen MR) is 115 cm³/mol. The van der Waals surface area contributed by atoms with Gasteiger partial charge in [-0.3, -0.25) is 9.78 Å². The van der Waals surface area contributed by atoms with Gasteiger partial charge in [0.25, 0.3) is 5.56 Å². The molecule has 2 N–H and O–H groups in total. The van der Waals surface area contributed by atoms with E-state index in [2.05, 4.69) is 24.9 Å². The summed E-state index contributed by atoms with van der Waals surface area (Å²) in [5.74, 6) is 0.435. The van der Waals surface area contributed by atoms with Crippen molar-refractivity contribution in [2.75, 3.05) is 0 Å². The molecule has 0 radical (unpaired) electrons. The van der Waals surface area contributed by atoms with Crippen LogP contribution in [0.2, 0.25) is 10.2 Å². The molecule has 0 aliphatic rings. The van der Waals surface area contributed by atoms with E-state index >= 15 is 0 Å². The largest absolute Gasteiger partial charge is 0.338 e. The summed E-state index contributed by atoms with van der Waals surface area (Å²) < 4.78 is 0. The molecule has 0 amide bonds. The van der Waals surface area contributed by atoms with E-state index in [1.807, 2.05) is 31.2 Å². The molecule has 0 aliphatic heterocycles. The van der Waals surface area contributed by atoms with Gasteiger partial charge >= 0.3 is 0 Å². The number of rotatable bonds is 2. The number of hydrogen-bond donors (Lipinski definition) is 2. The second-order valence-electron chi connectivity index (χ2n) is 6.62. The minimum Gasteiger partial charge on any atom is -0.338 e. The molecule has 1 aromatic carbocycles. The van der Waals surface area contributed by atoms with Gasteiger partial charge in [0.1, 0.15) is 16.5 Å². The molecule has 0 fully saturated rings. The molecule has 6 nitrogen and oxygen atoms in total. The molecule has 0 unspecified atom stereocenters. The number of nitrogens with one attached hydrogen (secondary N) is 2. The number of nitrogens with zero attached hydrogens (tertiary/aromatic N) is 3. The molecule has 8 heteroatoms. The maximum atomic E-state index is 12.8. The third kappa shape index (κ3) is 2.97. The standard InChI is InChI=1S/C21H13Cl2N5O/c1-10-18-16(9-17(23)25-10)26-20(28-18)13-8-12-15(27-21(13)29)6-7-24-19(12)11-4-2-3-5-14(11)22/h2-9H,1H3,(H,26,28)(H,27,29). The van der Waals surface area contributed by atoms with E-state index in [0.717, 1.165) is 16.5 Å². The van der Waals surface area contributed by atoms with Gasteiger partial charge in [-0.2, -0.15) is 0 Å². The zero-order valence-electron chi connectivity index (χ0n) is 15.1. The summed E-state index contributed by atoms with van der Waals surface area (Å²) in [6, 6.07) is 12.7. The molecule has 0 aliphatic carbocycles. The summed E-state index contributed by atoms with van der Waals surface area (Å²) >= 11 is 12.4. The van der Waals surface area contributed by atoms with Crippen LogP contribution in [0.15, 0.2) is 53.5 Å². The number of benzene rings is 1. The number of imidazole rings is 1. The fourth-order valence-corrected chi connectivity index (χ4v) is 3.89. The van der Waals surface area contributed by atoms with Gasteiger partial charge in [-0.25, -0.2) is 9.97 Å². The van der Waals surface area contributed by atoms with Crippen molar-refractivity contribution in [3.8, 4) is 22.6 Å². The van der Waals surface area contributed by atoms with Crippen molar-refractivity contribution >= 4 is 45.1 Å². The first-order valence-electron chi connectivity index (χ1n) is 8.81. The van der Waals surface area contributed by atoms with E-state index in [-0.39, 0.29) is 5.56 Å². The topological polar surface area (TPSA) is 87.3 Å². The Morgan fingerprint density at radius 2 is 1.76 bits per heavy atom. The number of aryl methyl sites for hydroxylation is 1. The SMILES string of the molecule is Cc1nc(Cl)cc2[nH]c(-c3cc4c(-c5ccccc5Cl)nccc4[nH]c3=O)nc12. The highest BCUT2D eigenvalue weighted by Gasteiger charge is 2.16. The first-order valence-corrected chi connectivity index (χ1v) is 9.57. The molecule has 142 valence electrons. The quantitative estimate of drug-likeness (QED) is 0.386. The van der Waals surface area contributed by atoms with E-state index in [0.29, 0.717) is 44.0 Å². The van der Waals surface area contributed by atoms with Crippen LogP contribution in [-0.2, 0) is 0 Å². The van der Waals surface area contributed by atoms with Gasteiger partial charge in [-0.1, -0.05) is 41.4 Å². The van der Waals surface area contributed by atoms with Gasteiger partial charge in [0, 0.05) is 28.2 Å². The summed E-state index contributed by atoms with van der Waals surface area (Å²) in [4.78, 5) is 32.1.